The molecule has 0 aliphatic rings. The number of benzene rings is 1. The highest BCUT2D eigenvalue weighted by Crippen LogP contribution is 2.33. The third-order valence-corrected chi connectivity index (χ3v) is 2.52. The van der Waals surface area contributed by atoms with Crippen molar-refractivity contribution in [1.82, 2.24) is 4.98 Å². The fourth-order valence-corrected chi connectivity index (χ4v) is 1.56. The van der Waals surface area contributed by atoms with Crippen LogP contribution in [0.2, 0.25) is 0 Å². The van der Waals surface area contributed by atoms with Crippen molar-refractivity contribution in [3.05, 3.63) is 58.4 Å². The topological polar surface area (TPSA) is 85.5 Å². The van der Waals surface area contributed by atoms with E-state index in [1.807, 2.05) is 0 Å². The first-order chi connectivity index (χ1) is 9.08. The zero-order valence-corrected chi connectivity index (χ0v) is 10.2. The summed E-state index contributed by atoms with van der Waals surface area (Å²) in [5.41, 5.74) is 0.271. The lowest BCUT2D eigenvalue weighted by molar-refractivity contribution is -0.385. The monoisotopic (exact) mass is 260 g/mol. The molecule has 0 aliphatic carbocycles. The van der Waals surface area contributed by atoms with Crippen LogP contribution in [0.4, 0.5) is 5.69 Å². The summed E-state index contributed by atoms with van der Waals surface area (Å²) < 4.78 is 5.42. The minimum absolute atomic E-state index is 0.113. The Balaban J connectivity index is 2.37. The van der Waals surface area contributed by atoms with Crippen molar-refractivity contribution in [2.24, 2.45) is 0 Å². The molecule has 1 aromatic carbocycles. The minimum atomic E-state index is -0.772. The molecule has 0 saturated heterocycles. The predicted molar refractivity (Wildman–Crippen MR) is 68.0 cm³/mol. The minimum Gasteiger partial charge on any atom is -0.449 e. The molecular weight excluding hydrogens is 248 g/mol. The van der Waals surface area contributed by atoms with Crippen LogP contribution in [-0.4, -0.2) is 15.0 Å². The quantitative estimate of drug-likeness (QED) is 0.674. The van der Waals surface area contributed by atoms with Crippen LogP contribution in [0.5, 0.6) is 11.5 Å². The molecule has 0 unspecified atom stereocenters. The molecular formula is C13H12N2O4. The Morgan fingerprint density at radius 3 is 2.79 bits per heavy atom. The Hall–Kier alpha value is -2.47. The van der Waals surface area contributed by atoms with Gasteiger partial charge in [0, 0.05) is 12.3 Å². The van der Waals surface area contributed by atoms with Gasteiger partial charge >= 0.3 is 5.69 Å². The van der Waals surface area contributed by atoms with Crippen LogP contribution in [0.15, 0.2) is 42.7 Å². The number of hydrogen-bond acceptors (Lipinski definition) is 5. The zero-order valence-electron chi connectivity index (χ0n) is 10.2. The Kier molecular flexibility index (Phi) is 3.72. The molecule has 1 heterocycles. The highest BCUT2D eigenvalue weighted by Gasteiger charge is 2.18. The number of pyridine rings is 1. The second-order valence-corrected chi connectivity index (χ2v) is 3.95. The second-order valence-electron chi connectivity index (χ2n) is 3.95. The van der Waals surface area contributed by atoms with Crippen LogP contribution in [-0.2, 0) is 0 Å². The molecule has 0 bridgehead atoms. The van der Waals surface area contributed by atoms with Gasteiger partial charge in [0.2, 0.25) is 5.75 Å². The molecule has 2 rings (SSSR count). The van der Waals surface area contributed by atoms with Gasteiger partial charge in [-0.2, -0.15) is 0 Å². The maximum atomic E-state index is 11.0. The van der Waals surface area contributed by atoms with Gasteiger partial charge in [0.15, 0.2) is 0 Å². The number of aromatic nitrogens is 1. The van der Waals surface area contributed by atoms with Crippen molar-refractivity contribution in [3.63, 3.8) is 0 Å². The van der Waals surface area contributed by atoms with Crippen LogP contribution in [0.25, 0.3) is 0 Å². The number of aliphatic hydroxyl groups excluding tert-OH is 1. The SMILES string of the molecule is C[C@@H](O)c1ccc(Oc2cccnc2)c([N+](=O)[O-])c1. The fraction of sp³-hybridized carbons (Fsp3) is 0.154. The maximum absolute atomic E-state index is 11.0. The van der Waals surface area contributed by atoms with Gasteiger partial charge in [0.05, 0.1) is 17.2 Å². The van der Waals surface area contributed by atoms with E-state index in [1.54, 1.807) is 31.3 Å². The Morgan fingerprint density at radius 2 is 2.21 bits per heavy atom. The predicted octanol–water partition coefficient (Wildman–Crippen LogP) is 2.84. The van der Waals surface area contributed by atoms with E-state index in [2.05, 4.69) is 4.98 Å². The van der Waals surface area contributed by atoms with E-state index in [0.29, 0.717) is 11.3 Å². The molecule has 1 N–H and O–H groups in total. The lowest BCUT2D eigenvalue weighted by Crippen LogP contribution is -1.97. The standard InChI is InChI=1S/C13H12N2O4/c1-9(16)10-4-5-13(12(7-10)15(17)18)19-11-3-2-6-14-8-11/h2-9,16H,1H3/t9-/m1/s1. The van der Waals surface area contributed by atoms with Crippen molar-refractivity contribution in [2.45, 2.75) is 13.0 Å². The van der Waals surface area contributed by atoms with E-state index >= 15 is 0 Å². The van der Waals surface area contributed by atoms with Gasteiger partial charge in [-0.25, -0.2) is 0 Å². The largest absolute Gasteiger partial charge is 0.449 e. The van der Waals surface area contributed by atoms with Crippen LogP contribution in [0.1, 0.15) is 18.6 Å². The number of nitrogens with zero attached hydrogens (tertiary/aromatic N) is 2. The van der Waals surface area contributed by atoms with Crippen molar-refractivity contribution in [1.29, 1.82) is 0 Å². The van der Waals surface area contributed by atoms with Gasteiger partial charge in [0.1, 0.15) is 5.75 Å². The lowest BCUT2D eigenvalue weighted by Gasteiger charge is -2.08. The summed E-state index contributed by atoms with van der Waals surface area (Å²) in [5, 5.41) is 20.5. The number of nitro benzene ring substituents is 1. The van der Waals surface area contributed by atoms with Gasteiger partial charge in [-0.05, 0) is 30.7 Å². The molecule has 0 saturated carbocycles. The first-order valence-corrected chi connectivity index (χ1v) is 5.62. The zero-order chi connectivity index (χ0) is 13.8. The summed E-state index contributed by atoms with van der Waals surface area (Å²) in [7, 11) is 0. The van der Waals surface area contributed by atoms with Gasteiger partial charge in [-0.15, -0.1) is 0 Å². The average Bonchev–Trinajstić information content (AvgIpc) is 2.39. The molecule has 1 aromatic heterocycles. The van der Waals surface area contributed by atoms with Gasteiger partial charge < -0.3 is 9.84 Å². The highest BCUT2D eigenvalue weighted by atomic mass is 16.6. The molecule has 6 heteroatoms. The number of rotatable bonds is 4. The Labute approximate surface area is 109 Å². The van der Waals surface area contributed by atoms with E-state index in [4.69, 9.17) is 4.74 Å². The first-order valence-electron chi connectivity index (χ1n) is 5.62. The number of aliphatic hydroxyl groups is 1. The van der Waals surface area contributed by atoms with Crippen molar-refractivity contribution >= 4 is 5.69 Å². The molecule has 0 spiro atoms. The van der Waals surface area contributed by atoms with E-state index < -0.39 is 11.0 Å². The summed E-state index contributed by atoms with van der Waals surface area (Å²) in [6, 6.07) is 7.68. The van der Waals surface area contributed by atoms with Crippen molar-refractivity contribution in [3.8, 4) is 11.5 Å². The third kappa shape index (κ3) is 3.05. The molecule has 0 fully saturated rings. The van der Waals surface area contributed by atoms with E-state index in [1.165, 1.54) is 18.3 Å². The summed E-state index contributed by atoms with van der Waals surface area (Å²) in [6.07, 6.45) is 2.27. The molecule has 98 valence electrons. The van der Waals surface area contributed by atoms with Crippen molar-refractivity contribution < 1.29 is 14.8 Å². The molecule has 0 radical (unpaired) electrons. The highest BCUT2D eigenvalue weighted by molar-refractivity contribution is 5.50. The van der Waals surface area contributed by atoms with E-state index in [-0.39, 0.29) is 11.4 Å². The molecule has 0 aliphatic heterocycles. The molecule has 19 heavy (non-hydrogen) atoms. The molecule has 2 aromatic rings. The lowest BCUT2D eigenvalue weighted by atomic mass is 10.1. The normalized spacial score (nSPS) is 11.9. The molecule has 1 atom stereocenters. The second kappa shape index (κ2) is 5.45. The van der Waals surface area contributed by atoms with Crippen LogP contribution < -0.4 is 4.74 Å². The Bertz CT molecular complexity index is 584. The van der Waals surface area contributed by atoms with E-state index in [9.17, 15) is 15.2 Å². The van der Waals surface area contributed by atoms with Crippen LogP contribution >= 0.6 is 0 Å². The van der Waals surface area contributed by atoms with Gasteiger partial charge in [0.25, 0.3) is 0 Å². The number of ether oxygens (including phenoxy) is 1. The fourth-order valence-electron chi connectivity index (χ4n) is 1.56. The molecule has 6 nitrogen and oxygen atoms in total. The van der Waals surface area contributed by atoms with E-state index in [0.717, 1.165) is 0 Å². The van der Waals surface area contributed by atoms with Gasteiger partial charge in [-0.3, -0.25) is 15.1 Å². The first kappa shape index (κ1) is 13.0. The van der Waals surface area contributed by atoms with Gasteiger partial charge in [-0.1, -0.05) is 6.07 Å². The smallest absolute Gasteiger partial charge is 0.311 e. The maximum Gasteiger partial charge on any atom is 0.311 e. The van der Waals surface area contributed by atoms with Crippen molar-refractivity contribution in [2.75, 3.05) is 0 Å². The van der Waals surface area contributed by atoms with Crippen LogP contribution in [0.3, 0.4) is 0 Å². The summed E-state index contributed by atoms with van der Waals surface area (Å²) in [4.78, 5) is 14.3. The summed E-state index contributed by atoms with van der Waals surface area (Å²) >= 11 is 0. The molecule has 0 amide bonds. The number of hydrogen-bond donors (Lipinski definition) is 1. The third-order valence-electron chi connectivity index (χ3n) is 2.52. The summed E-state index contributed by atoms with van der Waals surface area (Å²) in [6.45, 7) is 1.54. The summed E-state index contributed by atoms with van der Waals surface area (Å²) in [5.74, 6) is 0.526. The average molecular weight is 260 g/mol. The Morgan fingerprint density at radius 1 is 1.42 bits per heavy atom. The number of nitro groups is 1. The van der Waals surface area contributed by atoms with Crippen LogP contribution in [0, 0.1) is 10.1 Å².